The van der Waals surface area contributed by atoms with Gasteiger partial charge in [0.05, 0.1) is 0 Å². The first-order chi connectivity index (χ1) is 10.2. The summed E-state index contributed by atoms with van der Waals surface area (Å²) in [7, 11) is 0. The Morgan fingerprint density at radius 3 is 2.95 bits per heavy atom. The van der Waals surface area contributed by atoms with Crippen molar-refractivity contribution < 1.29 is 0 Å². The molecule has 0 aliphatic carbocycles. The van der Waals surface area contributed by atoms with Crippen molar-refractivity contribution in [3.8, 4) is 0 Å². The van der Waals surface area contributed by atoms with Gasteiger partial charge in [-0.3, -0.25) is 4.98 Å². The smallest absolute Gasteiger partial charge is 0.0464 e. The van der Waals surface area contributed by atoms with Gasteiger partial charge in [0.15, 0.2) is 0 Å². The predicted octanol–water partition coefficient (Wildman–Crippen LogP) is 3.45. The van der Waals surface area contributed by atoms with E-state index in [1.807, 2.05) is 12.4 Å². The fourth-order valence-corrected chi connectivity index (χ4v) is 3.60. The second-order valence-electron chi connectivity index (χ2n) is 6.12. The highest BCUT2D eigenvalue weighted by molar-refractivity contribution is 5.93. The van der Waals surface area contributed by atoms with Crippen LogP contribution in [0.15, 0.2) is 36.7 Å². The van der Waals surface area contributed by atoms with Crippen molar-refractivity contribution >= 4 is 16.5 Å². The third-order valence-electron chi connectivity index (χ3n) is 5.00. The van der Waals surface area contributed by atoms with Crippen molar-refractivity contribution in [2.24, 2.45) is 5.92 Å². The van der Waals surface area contributed by atoms with Crippen LogP contribution in [0.4, 0.5) is 5.69 Å². The van der Waals surface area contributed by atoms with Gasteiger partial charge in [-0.2, -0.15) is 0 Å². The Morgan fingerprint density at radius 1 is 1.29 bits per heavy atom. The van der Waals surface area contributed by atoms with Crippen LogP contribution in [-0.2, 0) is 0 Å². The van der Waals surface area contributed by atoms with Gasteiger partial charge in [-0.05, 0) is 43.3 Å². The number of hydrogen-bond donors (Lipinski definition) is 1. The van der Waals surface area contributed by atoms with E-state index in [1.54, 1.807) is 0 Å². The first-order valence-electron chi connectivity index (χ1n) is 8.05. The van der Waals surface area contributed by atoms with Gasteiger partial charge >= 0.3 is 0 Å². The normalized spacial score (nSPS) is 26.2. The van der Waals surface area contributed by atoms with Crippen molar-refractivity contribution in [3.63, 3.8) is 0 Å². The highest BCUT2D eigenvalue weighted by atomic mass is 15.2. The molecule has 0 saturated carbocycles. The third-order valence-corrected chi connectivity index (χ3v) is 5.00. The van der Waals surface area contributed by atoms with Crippen LogP contribution in [0.5, 0.6) is 0 Å². The number of nitrogens with zero attached hydrogens (tertiary/aromatic N) is 2. The summed E-state index contributed by atoms with van der Waals surface area (Å²) in [4.78, 5) is 6.88. The number of benzene rings is 1. The molecule has 0 bridgehead atoms. The maximum atomic E-state index is 4.32. The van der Waals surface area contributed by atoms with E-state index in [4.69, 9.17) is 0 Å². The number of aromatic nitrogens is 1. The number of anilines is 1. The van der Waals surface area contributed by atoms with E-state index in [0.29, 0.717) is 18.0 Å². The summed E-state index contributed by atoms with van der Waals surface area (Å²) in [6, 6.07) is 9.83. The zero-order chi connectivity index (χ0) is 14.8. The molecule has 0 spiro atoms. The average molecular weight is 283 g/mol. The van der Waals surface area contributed by atoms with Crippen LogP contribution in [0, 0.1) is 5.92 Å². The van der Waals surface area contributed by atoms with Gasteiger partial charge < -0.3 is 10.2 Å². The van der Waals surface area contributed by atoms with Crippen LogP contribution in [0.3, 0.4) is 0 Å². The number of pyridine rings is 1. The molecular formula is C18H25N3. The maximum absolute atomic E-state index is 4.32. The van der Waals surface area contributed by atoms with Crippen molar-refractivity contribution in [2.75, 3.05) is 18.0 Å². The largest absolute Gasteiger partial charge is 0.368 e. The quantitative estimate of drug-likeness (QED) is 0.935. The molecule has 2 aromatic rings. The standard InChI is InChI=1S/C18H25N3/c1-4-20-17-9-11-21(14(3)13(17)2)18-7-5-6-15-8-10-19-12-16(15)18/h5-8,10,12-14,17,20H,4,9,11H2,1-3H3. The van der Waals surface area contributed by atoms with Crippen molar-refractivity contribution in [3.05, 3.63) is 36.7 Å². The minimum absolute atomic E-state index is 0.536. The molecule has 3 rings (SSSR count). The fourth-order valence-electron chi connectivity index (χ4n) is 3.60. The van der Waals surface area contributed by atoms with Gasteiger partial charge in [-0.25, -0.2) is 0 Å². The summed E-state index contributed by atoms with van der Waals surface area (Å²) in [5.41, 5.74) is 1.33. The Morgan fingerprint density at radius 2 is 2.14 bits per heavy atom. The SMILES string of the molecule is CCNC1CCN(c2cccc3ccncc23)C(C)C1C. The molecule has 3 nitrogen and oxygen atoms in total. The van der Waals surface area contributed by atoms with Gasteiger partial charge in [0.1, 0.15) is 0 Å². The molecule has 3 atom stereocenters. The van der Waals surface area contributed by atoms with Crippen LogP contribution in [0.25, 0.3) is 10.8 Å². The number of rotatable bonds is 3. The maximum Gasteiger partial charge on any atom is 0.0464 e. The Bertz CT molecular complexity index is 605. The fraction of sp³-hybridized carbons (Fsp3) is 0.500. The van der Waals surface area contributed by atoms with Gasteiger partial charge in [0, 0.05) is 42.1 Å². The van der Waals surface area contributed by atoms with Gasteiger partial charge in [-0.1, -0.05) is 26.0 Å². The molecule has 112 valence electrons. The number of fused-ring (bicyclic) bond motifs is 1. The molecular weight excluding hydrogens is 258 g/mol. The lowest BCUT2D eigenvalue weighted by atomic mass is 9.86. The van der Waals surface area contributed by atoms with Crippen LogP contribution in [-0.4, -0.2) is 30.2 Å². The topological polar surface area (TPSA) is 28.2 Å². The van der Waals surface area contributed by atoms with Crippen LogP contribution in [0.2, 0.25) is 0 Å². The van der Waals surface area contributed by atoms with E-state index in [1.165, 1.54) is 22.9 Å². The molecule has 1 aliphatic rings. The van der Waals surface area contributed by atoms with E-state index >= 15 is 0 Å². The van der Waals surface area contributed by atoms with Crippen LogP contribution in [0.1, 0.15) is 27.2 Å². The number of piperidine rings is 1. The Hall–Kier alpha value is -1.61. The molecule has 1 aliphatic heterocycles. The lowest BCUT2D eigenvalue weighted by Gasteiger charge is -2.44. The molecule has 1 saturated heterocycles. The van der Waals surface area contributed by atoms with E-state index in [-0.39, 0.29) is 0 Å². The van der Waals surface area contributed by atoms with Crippen molar-refractivity contribution in [1.29, 1.82) is 0 Å². The highest BCUT2D eigenvalue weighted by Gasteiger charge is 2.32. The van der Waals surface area contributed by atoms with Crippen molar-refractivity contribution in [1.82, 2.24) is 10.3 Å². The lowest BCUT2D eigenvalue weighted by Crippen LogP contribution is -2.53. The average Bonchev–Trinajstić information content (AvgIpc) is 2.52. The van der Waals surface area contributed by atoms with E-state index in [2.05, 4.69) is 60.2 Å². The number of nitrogens with one attached hydrogen (secondary N) is 1. The second-order valence-corrected chi connectivity index (χ2v) is 6.12. The molecule has 1 N–H and O–H groups in total. The summed E-state index contributed by atoms with van der Waals surface area (Å²) < 4.78 is 0. The van der Waals surface area contributed by atoms with Gasteiger partial charge in [0.25, 0.3) is 0 Å². The third kappa shape index (κ3) is 2.62. The number of hydrogen-bond acceptors (Lipinski definition) is 3. The lowest BCUT2D eigenvalue weighted by molar-refractivity contribution is 0.274. The monoisotopic (exact) mass is 283 g/mol. The molecule has 0 radical (unpaired) electrons. The zero-order valence-corrected chi connectivity index (χ0v) is 13.2. The Balaban J connectivity index is 1.93. The predicted molar refractivity (Wildman–Crippen MR) is 89.8 cm³/mol. The van der Waals surface area contributed by atoms with Crippen LogP contribution >= 0.6 is 0 Å². The molecule has 3 heteroatoms. The molecule has 3 unspecified atom stereocenters. The van der Waals surface area contributed by atoms with Gasteiger partial charge in [0.2, 0.25) is 0 Å². The molecule has 1 aromatic carbocycles. The Labute approximate surface area is 127 Å². The Kier molecular flexibility index (Phi) is 4.11. The van der Waals surface area contributed by atoms with E-state index in [9.17, 15) is 0 Å². The van der Waals surface area contributed by atoms with E-state index in [0.717, 1.165) is 13.1 Å². The van der Waals surface area contributed by atoms with Crippen molar-refractivity contribution in [2.45, 2.75) is 39.3 Å². The van der Waals surface area contributed by atoms with E-state index < -0.39 is 0 Å². The first-order valence-corrected chi connectivity index (χ1v) is 8.05. The summed E-state index contributed by atoms with van der Waals surface area (Å²) in [6.07, 6.45) is 5.07. The molecule has 1 aromatic heterocycles. The first kappa shape index (κ1) is 14.3. The summed E-state index contributed by atoms with van der Waals surface area (Å²) >= 11 is 0. The molecule has 0 amide bonds. The van der Waals surface area contributed by atoms with Crippen LogP contribution < -0.4 is 10.2 Å². The zero-order valence-electron chi connectivity index (χ0n) is 13.2. The molecule has 1 fully saturated rings. The minimum Gasteiger partial charge on any atom is -0.368 e. The summed E-state index contributed by atoms with van der Waals surface area (Å²) in [5.74, 6) is 0.644. The molecule has 2 heterocycles. The highest BCUT2D eigenvalue weighted by Crippen LogP contribution is 2.33. The van der Waals surface area contributed by atoms with Gasteiger partial charge in [-0.15, -0.1) is 0 Å². The second kappa shape index (κ2) is 6.02. The minimum atomic E-state index is 0.536. The summed E-state index contributed by atoms with van der Waals surface area (Å²) in [6.45, 7) is 9.08. The summed E-state index contributed by atoms with van der Waals surface area (Å²) in [5, 5.41) is 6.17. The molecule has 21 heavy (non-hydrogen) atoms.